The van der Waals surface area contributed by atoms with Gasteiger partial charge in [0.25, 0.3) is 0 Å². The van der Waals surface area contributed by atoms with Gasteiger partial charge in [-0.25, -0.2) is 9.59 Å². The number of carbonyl (C=O) groups is 2. The summed E-state index contributed by atoms with van der Waals surface area (Å²) in [5.41, 5.74) is -3.74. The number of aliphatic hydroxyl groups excluding tert-OH is 4. The molecule has 6 aliphatic rings. The highest BCUT2D eigenvalue weighted by Crippen LogP contribution is 2.84. The molecule has 0 radical (unpaired) electrons. The van der Waals surface area contributed by atoms with E-state index in [9.17, 15) is 35.1 Å². The average molecular weight is 574 g/mol. The van der Waals surface area contributed by atoms with Gasteiger partial charge in [-0.1, -0.05) is 25.2 Å². The molecule has 2 unspecified atom stereocenters. The van der Waals surface area contributed by atoms with Gasteiger partial charge >= 0.3 is 11.9 Å². The van der Waals surface area contributed by atoms with E-state index in [4.69, 9.17) is 9.47 Å². The monoisotopic (exact) mass is 573 g/mol. The first kappa shape index (κ1) is 29.0. The first-order valence-electron chi connectivity index (χ1n) is 14.6. The Balaban J connectivity index is 1.63. The van der Waals surface area contributed by atoms with Crippen molar-refractivity contribution in [1.29, 1.82) is 0 Å². The summed E-state index contributed by atoms with van der Waals surface area (Å²) in [6, 6.07) is -0.418. The summed E-state index contributed by atoms with van der Waals surface area (Å²) in [6.45, 7) is 11.1. The highest BCUT2D eigenvalue weighted by atomic mass is 16.6. The van der Waals surface area contributed by atoms with Crippen LogP contribution in [0.1, 0.15) is 47.0 Å². The van der Waals surface area contributed by atoms with Crippen molar-refractivity contribution in [2.24, 2.45) is 34.0 Å². The Kier molecular flexibility index (Phi) is 6.35. The van der Waals surface area contributed by atoms with Crippen LogP contribution in [0.2, 0.25) is 0 Å². The van der Waals surface area contributed by atoms with Crippen LogP contribution in [0, 0.1) is 34.0 Å². The molecule has 41 heavy (non-hydrogen) atoms. The van der Waals surface area contributed by atoms with Gasteiger partial charge in [-0.05, 0) is 59.1 Å². The molecule has 6 fully saturated rings. The fraction of sp³-hybridized carbons (Fsp3) is 0.742. The van der Waals surface area contributed by atoms with Crippen LogP contribution in [0.5, 0.6) is 0 Å². The molecule has 5 saturated carbocycles. The first-order valence-corrected chi connectivity index (χ1v) is 14.6. The molecule has 1 saturated heterocycles. The molecule has 1 aliphatic heterocycles. The number of ether oxygens (including phenoxy) is 2. The van der Waals surface area contributed by atoms with Crippen LogP contribution in [-0.4, -0.2) is 105 Å². The third kappa shape index (κ3) is 3.14. The van der Waals surface area contributed by atoms with E-state index in [1.54, 1.807) is 19.9 Å². The van der Waals surface area contributed by atoms with Gasteiger partial charge in [0.15, 0.2) is 0 Å². The number of nitrogens with zero attached hydrogens (tertiary/aromatic N) is 1. The Bertz CT molecular complexity index is 1260. The summed E-state index contributed by atoms with van der Waals surface area (Å²) in [6.07, 6.45) is -2.11. The maximum absolute atomic E-state index is 13.5. The molecule has 10 nitrogen and oxygen atoms in total. The molecule has 13 atom stereocenters. The van der Waals surface area contributed by atoms with E-state index in [1.165, 1.54) is 13.0 Å². The fourth-order valence-corrected chi connectivity index (χ4v) is 11.2. The Morgan fingerprint density at radius 3 is 2.34 bits per heavy atom. The van der Waals surface area contributed by atoms with Crippen LogP contribution < -0.4 is 0 Å². The molecule has 2 spiro atoms. The zero-order valence-corrected chi connectivity index (χ0v) is 24.4. The molecule has 226 valence electrons. The Morgan fingerprint density at radius 1 is 1.07 bits per heavy atom. The second kappa shape index (κ2) is 8.97. The number of rotatable bonds is 5. The lowest BCUT2D eigenvalue weighted by Crippen LogP contribution is -2.84. The Hall–Kier alpha value is -2.08. The molecule has 0 aromatic carbocycles. The third-order valence-electron chi connectivity index (χ3n) is 12.2. The van der Waals surface area contributed by atoms with Gasteiger partial charge in [0.1, 0.15) is 23.9 Å². The number of likely N-dealkylation sites (tertiary alicyclic amines) is 1. The van der Waals surface area contributed by atoms with Crippen molar-refractivity contribution < 1.29 is 44.6 Å². The van der Waals surface area contributed by atoms with Crippen molar-refractivity contribution in [1.82, 2.24) is 4.90 Å². The van der Waals surface area contributed by atoms with E-state index in [-0.39, 0.29) is 30.9 Å². The lowest BCUT2D eigenvalue weighted by atomic mass is 9.38. The molecule has 5 aliphatic carbocycles. The Labute approximate surface area is 240 Å². The van der Waals surface area contributed by atoms with Crippen molar-refractivity contribution in [3.8, 4) is 0 Å². The van der Waals surface area contributed by atoms with Gasteiger partial charge < -0.3 is 39.9 Å². The average Bonchev–Trinajstić information content (AvgIpc) is 3.21. The van der Waals surface area contributed by atoms with Gasteiger partial charge in [0.05, 0.1) is 18.8 Å². The molecule has 0 aromatic heterocycles. The fourth-order valence-electron chi connectivity index (χ4n) is 11.2. The standard InChI is InChI=1S/C31H43NO9/c1-7-14(2)26(37)40-20-18-16(4)10-29-19(18)23-30(22(29)21(20)41-27(38)15(3)8-9-33)12-17(34)11-28(5,13-32(23)6)31(30,39)25(36)24(29)35/h7-8,17-25,33-36,39H,4,9-13H2,1-3,5-6H3/b14-7+,15-8+/t17-,18+,19?,20+,21+,22+,23?,24-,25-,28-,29-,30-,31-/m0/s1. The van der Waals surface area contributed by atoms with Crippen molar-refractivity contribution in [3.05, 3.63) is 35.5 Å². The molecule has 0 aromatic rings. The molecule has 6 rings (SSSR count). The second-order valence-electron chi connectivity index (χ2n) is 13.9. The first-order chi connectivity index (χ1) is 19.2. The zero-order valence-electron chi connectivity index (χ0n) is 24.4. The number of piperidine rings is 1. The highest BCUT2D eigenvalue weighted by molar-refractivity contribution is 5.89. The maximum Gasteiger partial charge on any atom is 0.333 e. The third-order valence-corrected chi connectivity index (χ3v) is 12.2. The second-order valence-corrected chi connectivity index (χ2v) is 13.9. The zero-order chi connectivity index (χ0) is 30.0. The molecule has 5 N–H and O–H groups in total. The summed E-state index contributed by atoms with van der Waals surface area (Å²) in [5, 5.41) is 57.7. The summed E-state index contributed by atoms with van der Waals surface area (Å²) >= 11 is 0. The highest BCUT2D eigenvalue weighted by Gasteiger charge is 2.93. The van der Waals surface area contributed by atoms with Crippen LogP contribution in [0.4, 0.5) is 0 Å². The number of carbonyl (C=O) groups excluding carboxylic acids is 2. The summed E-state index contributed by atoms with van der Waals surface area (Å²) in [5.74, 6) is -2.96. The van der Waals surface area contributed by atoms with E-state index in [1.807, 2.05) is 14.0 Å². The van der Waals surface area contributed by atoms with E-state index in [2.05, 4.69) is 11.5 Å². The summed E-state index contributed by atoms with van der Waals surface area (Å²) < 4.78 is 12.4. The van der Waals surface area contributed by atoms with E-state index >= 15 is 0 Å². The largest absolute Gasteiger partial charge is 0.455 e. The van der Waals surface area contributed by atoms with Gasteiger partial charge in [-0.2, -0.15) is 0 Å². The van der Waals surface area contributed by atoms with Crippen LogP contribution in [0.15, 0.2) is 35.5 Å². The van der Waals surface area contributed by atoms with Crippen molar-refractivity contribution >= 4 is 11.9 Å². The smallest absolute Gasteiger partial charge is 0.333 e. The van der Waals surface area contributed by atoms with Gasteiger partial charge in [0, 0.05) is 51.8 Å². The molecular formula is C31H43NO9. The minimum absolute atomic E-state index is 0.133. The number of allylic oxidation sites excluding steroid dienone is 1. The molecule has 6 bridgehead atoms. The normalized spacial score (nSPS) is 52.0. The molecule has 0 amide bonds. The van der Waals surface area contributed by atoms with Gasteiger partial charge in [-0.15, -0.1) is 0 Å². The minimum Gasteiger partial charge on any atom is -0.455 e. The quantitative estimate of drug-likeness (QED) is 0.178. The number of hydrogen-bond donors (Lipinski definition) is 5. The van der Waals surface area contributed by atoms with Crippen molar-refractivity contribution in [3.63, 3.8) is 0 Å². The summed E-state index contributed by atoms with van der Waals surface area (Å²) in [4.78, 5) is 28.9. The predicted octanol–water partition coefficient (Wildman–Crippen LogP) is 0.465. The topological polar surface area (TPSA) is 157 Å². The summed E-state index contributed by atoms with van der Waals surface area (Å²) in [7, 11) is 1.97. The van der Waals surface area contributed by atoms with Crippen LogP contribution in [0.25, 0.3) is 0 Å². The number of aliphatic hydroxyl groups is 5. The maximum atomic E-state index is 13.5. The SMILES string of the molecule is C=C1C[C@]23C4C5N(C)C[C@]6(C)C[C@H](O)C[C@@]5([C@@H]2[C@H](OC(=O)/C(C)=C/CO)[C@H](OC(=O)/C(C)=C/C)[C@H]14)[C@]6(O)[C@@H](O)[C@@H]3O. The number of hydrogen-bond acceptors (Lipinski definition) is 10. The van der Waals surface area contributed by atoms with E-state index in [0.717, 1.165) is 5.57 Å². The van der Waals surface area contributed by atoms with E-state index in [0.29, 0.717) is 18.5 Å². The lowest BCUT2D eigenvalue weighted by Gasteiger charge is -2.73. The van der Waals surface area contributed by atoms with E-state index < -0.39 is 82.2 Å². The Morgan fingerprint density at radius 2 is 1.71 bits per heavy atom. The van der Waals surface area contributed by atoms with Crippen LogP contribution in [-0.2, 0) is 19.1 Å². The van der Waals surface area contributed by atoms with Crippen molar-refractivity contribution in [2.75, 3.05) is 20.2 Å². The van der Waals surface area contributed by atoms with Crippen LogP contribution >= 0.6 is 0 Å². The minimum atomic E-state index is -1.82. The predicted molar refractivity (Wildman–Crippen MR) is 146 cm³/mol. The van der Waals surface area contributed by atoms with Crippen molar-refractivity contribution in [2.45, 2.75) is 89.1 Å². The van der Waals surface area contributed by atoms with Crippen LogP contribution in [0.3, 0.4) is 0 Å². The molecule has 1 heterocycles. The van der Waals surface area contributed by atoms with Gasteiger partial charge in [0.2, 0.25) is 0 Å². The van der Waals surface area contributed by atoms with Gasteiger partial charge in [-0.3, -0.25) is 0 Å². The molecular weight excluding hydrogens is 530 g/mol. The molecule has 10 heteroatoms. The lowest BCUT2D eigenvalue weighted by molar-refractivity contribution is -0.361. The number of esters is 2.